The maximum absolute atomic E-state index is 5.94. The molecule has 2 heterocycles. The fourth-order valence-electron chi connectivity index (χ4n) is 6.10. The maximum atomic E-state index is 5.94. The first-order valence-electron chi connectivity index (χ1n) is 12.7. The number of fused-ring (bicyclic) bond motifs is 1. The summed E-state index contributed by atoms with van der Waals surface area (Å²) in [6.07, 6.45) is 12.2. The second-order valence-corrected chi connectivity index (χ2v) is 10.2. The summed E-state index contributed by atoms with van der Waals surface area (Å²) in [7, 11) is 0. The van der Waals surface area contributed by atoms with Crippen LogP contribution in [0.25, 0.3) is 22.4 Å². The third-order valence-corrected chi connectivity index (χ3v) is 8.04. The molecule has 2 fully saturated rings. The van der Waals surface area contributed by atoms with Gasteiger partial charge in [-0.3, -0.25) is 4.90 Å². The molecule has 3 aromatic rings. The molecule has 2 aliphatic rings. The van der Waals surface area contributed by atoms with E-state index in [-0.39, 0.29) is 0 Å². The monoisotopic (exact) mass is 430 g/mol. The number of aromatic nitrogens is 2. The first-order valence-corrected chi connectivity index (χ1v) is 12.7. The Morgan fingerprint density at radius 1 is 0.938 bits per heavy atom. The van der Waals surface area contributed by atoms with Crippen LogP contribution in [0, 0.1) is 0 Å². The molecule has 2 N–H and O–H groups in total. The first-order chi connectivity index (χ1) is 15.7. The molecular formula is C28H38N4. The van der Waals surface area contributed by atoms with Gasteiger partial charge >= 0.3 is 0 Å². The van der Waals surface area contributed by atoms with Crippen LogP contribution in [0.1, 0.15) is 76.3 Å². The third-order valence-electron chi connectivity index (χ3n) is 8.04. The van der Waals surface area contributed by atoms with Crippen molar-refractivity contribution >= 4 is 11.0 Å². The van der Waals surface area contributed by atoms with Gasteiger partial charge in [-0.05, 0) is 56.4 Å². The summed E-state index contributed by atoms with van der Waals surface area (Å²) in [5.74, 6) is 1.09. The topological polar surface area (TPSA) is 47.1 Å². The van der Waals surface area contributed by atoms with Crippen molar-refractivity contribution < 1.29 is 0 Å². The van der Waals surface area contributed by atoms with E-state index < -0.39 is 0 Å². The van der Waals surface area contributed by atoms with E-state index in [9.17, 15) is 0 Å². The van der Waals surface area contributed by atoms with Crippen LogP contribution >= 0.6 is 0 Å². The minimum absolute atomic E-state index is 0.390. The number of nitrogens with zero attached hydrogens (tertiary/aromatic N) is 3. The Hall–Kier alpha value is -2.17. The lowest BCUT2D eigenvalue weighted by Crippen LogP contribution is -2.50. The SMILES string of the molecule is CC1(N2CCC(n3c(-c4cccc(CN)c4)nc4ccccc43)CC2)CCCCCCC1. The molecule has 0 bridgehead atoms. The highest BCUT2D eigenvalue weighted by molar-refractivity contribution is 5.81. The van der Waals surface area contributed by atoms with Crippen LogP contribution in [0.2, 0.25) is 0 Å². The normalized spacial score (nSPS) is 20.8. The number of rotatable bonds is 4. The highest BCUT2D eigenvalue weighted by Gasteiger charge is 2.35. The van der Waals surface area contributed by atoms with E-state index in [0.717, 1.165) is 16.9 Å². The van der Waals surface area contributed by atoms with Gasteiger partial charge in [-0.1, -0.05) is 62.4 Å². The van der Waals surface area contributed by atoms with Crippen molar-refractivity contribution in [3.8, 4) is 11.4 Å². The fourth-order valence-corrected chi connectivity index (χ4v) is 6.10. The Morgan fingerprint density at radius 3 is 2.41 bits per heavy atom. The number of benzene rings is 2. The van der Waals surface area contributed by atoms with E-state index in [1.165, 1.54) is 82.0 Å². The standard InChI is InChI=1S/C28H38N4/c1-28(16-7-3-2-4-8-17-28)31-18-14-24(15-19-31)32-26-13-6-5-12-25(26)30-27(32)23-11-9-10-22(20-23)21-29/h5-6,9-13,20,24H,2-4,7-8,14-19,21,29H2,1H3. The van der Waals surface area contributed by atoms with Gasteiger partial charge in [0.25, 0.3) is 0 Å². The van der Waals surface area contributed by atoms with Crippen LogP contribution in [0.5, 0.6) is 0 Å². The van der Waals surface area contributed by atoms with Crippen molar-refractivity contribution in [1.29, 1.82) is 0 Å². The Balaban J connectivity index is 1.43. The molecule has 2 aromatic carbocycles. The fraction of sp³-hybridized carbons (Fsp3) is 0.536. The van der Waals surface area contributed by atoms with Crippen molar-refractivity contribution in [2.75, 3.05) is 13.1 Å². The smallest absolute Gasteiger partial charge is 0.141 e. The van der Waals surface area contributed by atoms with E-state index in [2.05, 4.69) is 64.9 Å². The minimum atomic E-state index is 0.390. The summed E-state index contributed by atoms with van der Waals surface area (Å²) >= 11 is 0. The molecule has 4 nitrogen and oxygen atoms in total. The van der Waals surface area contributed by atoms with Crippen LogP contribution in [0.3, 0.4) is 0 Å². The van der Waals surface area contributed by atoms with Crippen molar-refractivity contribution in [2.45, 2.75) is 82.8 Å². The highest BCUT2D eigenvalue weighted by Crippen LogP contribution is 2.38. The van der Waals surface area contributed by atoms with Gasteiger partial charge in [0.2, 0.25) is 0 Å². The number of likely N-dealkylation sites (tertiary alicyclic amines) is 1. The van der Waals surface area contributed by atoms with Crippen LogP contribution in [0.4, 0.5) is 0 Å². The largest absolute Gasteiger partial charge is 0.326 e. The van der Waals surface area contributed by atoms with Gasteiger partial charge in [0.1, 0.15) is 5.82 Å². The van der Waals surface area contributed by atoms with E-state index in [4.69, 9.17) is 10.7 Å². The van der Waals surface area contributed by atoms with Gasteiger partial charge in [-0.25, -0.2) is 4.98 Å². The molecule has 0 radical (unpaired) electrons. The molecular weight excluding hydrogens is 392 g/mol. The molecule has 1 aliphatic carbocycles. The maximum Gasteiger partial charge on any atom is 0.141 e. The van der Waals surface area contributed by atoms with Crippen LogP contribution in [-0.2, 0) is 6.54 Å². The van der Waals surface area contributed by atoms with Crippen molar-refractivity contribution in [3.05, 3.63) is 54.1 Å². The summed E-state index contributed by atoms with van der Waals surface area (Å²) in [6.45, 7) is 5.48. The van der Waals surface area contributed by atoms with Gasteiger partial charge in [0, 0.05) is 36.8 Å². The Labute approximate surface area is 192 Å². The molecule has 0 amide bonds. The van der Waals surface area contributed by atoms with Gasteiger partial charge in [-0.15, -0.1) is 0 Å². The molecule has 1 aliphatic heterocycles. The van der Waals surface area contributed by atoms with Gasteiger partial charge in [0.15, 0.2) is 0 Å². The summed E-state index contributed by atoms with van der Waals surface area (Å²) in [5.41, 5.74) is 11.0. The quantitative estimate of drug-likeness (QED) is 0.528. The second kappa shape index (κ2) is 9.36. The summed E-state index contributed by atoms with van der Waals surface area (Å²) in [6, 6.07) is 17.7. The lowest BCUT2D eigenvalue weighted by atomic mass is 9.82. The molecule has 0 atom stereocenters. The molecule has 4 heteroatoms. The second-order valence-electron chi connectivity index (χ2n) is 10.2. The van der Waals surface area contributed by atoms with E-state index in [1.807, 2.05) is 0 Å². The van der Waals surface area contributed by atoms with Crippen LogP contribution in [0.15, 0.2) is 48.5 Å². The van der Waals surface area contributed by atoms with E-state index in [0.29, 0.717) is 18.1 Å². The summed E-state index contributed by atoms with van der Waals surface area (Å²) in [4.78, 5) is 7.91. The molecule has 1 aromatic heterocycles. The average Bonchev–Trinajstić information content (AvgIpc) is 3.21. The third kappa shape index (κ3) is 4.23. The zero-order valence-electron chi connectivity index (χ0n) is 19.6. The Kier molecular flexibility index (Phi) is 6.34. The summed E-state index contributed by atoms with van der Waals surface area (Å²) < 4.78 is 2.53. The highest BCUT2D eigenvalue weighted by atomic mass is 15.2. The lowest BCUT2D eigenvalue weighted by Gasteiger charge is -2.46. The van der Waals surface area contributed by atoms with Crippen LogP contribution < -0.4 is 5.73 Å². The number of nitrogens with two attached hydrogens (primary N) is 1. The molecule has 32 heavy (non-hydrogen) atoms. The Morgan fingerprint density at radius 2 is 1.66 bits per heavy atom. The average molecular weight is 431 g/mol. The van der Waals surface area contributed by atoms with E-state index >= 15 is 0 Å². The number of para-hydroxylation sites is 2. The number of piperidine rings is 1. The number of imidazole rings is 1. The zero-order chi connectivity index (χ0) is 22.0. The molecule has 1 saturated heterocycles. The molecule has 5 rings (SSSR count). The van der Waals surface area contributed by atoms with Gasteiger partial charge < -0.3 is 10.3 Å². The first kappa shape index (κ1) is 21.7. The summed E-state index contributed by atoms with van der Waals surface area (Å²) in [5, 5.41) is 0. The van der Waals surface area contributed by atoms with Gasteiger partial charge in [-0.2, -0.15) is 0 Å². The lowest BCUT2D eigenvalue weighted by molar-refractivity contribution is 0.0443. The molecule has 0 spiro atoms. The number of hydrogen-bond donors (Lipinski definition) is 1. The van der Waals surface area contributed by atoms with Gasteiger partial charge in [0.05, 0.1) is 11.0 Å². The zero-order valence-corrected chi connectivity index (χ0v) is 19.6. The van der Waals surface area contributed by atoms with Crippen LogP contribution in [-0.4, -0.2) is 33.1 Å². The molecule has 1 saturated carbocycles. The van der Waals surface area contributed by atoms with E-state index in [1.54, 1.807) is 0 Å². The predicted octanol–water partition coefficient (Wildman–Crippen LogP) is 6.30. The molecule has 170 valence electrons. The van der Waals surface area contributed by atoms with Crippen molar-refractivity contribution in [3.63, 3.8) is 0 Å². The minimum Gasteiger partial charge on any atom is -0.326 e. The molecule has 0 unspecified atom stereocenters. The van der Waals surface area contributed by atoms with Crippen molar-refractivity contribution in [2.24, 2.45) is 5.73 Å². The Bertz CT molecular complexity index is 1040. The predicted molar refractivity (Wildman–Crippen MR) is 134 cm³/mol. The number of hydrogen-bond acceptors (Lipinski definition) is 3. The van der Waals surface area contributed by atoms with Crippen molar-refractivity contribution in [1.82, 2.24) is 14.5 Å².